The molecule has 4 aromatic rings. The number of phenolic OH excluding ortho intramolecular Hbond substituents is 2. The van der Waals surface area contributed by atoms with Crippen molar-refractivity contribution in [1.82, 2.24) is 4.98 Å². The third kappa shape index (κ3) is 7.13. The lowest BCUT2D eigenvalue weighted by Gasteiger charge is -2.42. The van der Waals surface area contributed by atoms with E-state index in [2.05, 4.69) is 35.3 Å². The average molecular weight is 692 g/mol. The molecule has 51 heavy (non-hydrogen) atoms. The molecule has 2 bridgehead atoms. The Bertz CT molecular complexity index is 1970. The van der Waals surface area contributed by atoms with Crippen molar-refractivity contribution < 1.29 is 39.1 Å². The zero-order valence-corrected chi connectivity index (χ0v) is 29.1. The summed E-state index contributed by atoms with van der Waals surface area (Å²) in [6.07, 6.45) is 8.24. The van der Waals surface area contributed by atoms with Gasteiger partial charge in [0, 0.05) is 41.9 Å². The van der Waals surface area contributed by atoms with Crippen molar-refractivity contribution >= 4 is 28.2 Å². The van der Waals surface area contributed by atoms with Crippen LogP contribution in [-0.2, 0) is 20.7 Å². The number of ether oxygens (including phenoxy) is 3. The van der Waals surface area contributed by atoms with Gasteiger partial charge >= 0.3 is 5.97 Å². The second-order valence-electron chi connectivity index (χ2n) is 14.1. The molecular formula is C42H45NO8. The Morgan fingerprint density at radius 2 is 1.84 bits per heavy atom. The highest BCUT2D eigenvalue weighted by Gasteiger charge is 2.44. The van der Waals surface area contributed by atoms with Crippen LogP contribution in [0.5, 0.6) is 23.0 Å². The normalized spacial score (nSPS) is 21.2. The van der Waals surface area contributed by atoms with Gasteiger partial charge in [0.1, 0.15) is 18.5 Å². The molecule has 3 aliphatic rings. The smallest absolute Gasteiger partial charge is 0.302 e. The van der Waals surface area contributed by atoms with Crippen molar-refractivity contribution in [1.29, 1.82) is 0 Å². The lowest BCUT2D eigenvalue weighted by Crippen LogP contribution is -2.32. The number of allylic oxidation sites excluding steroid dienone is 3. The number of Topliss-reactive ketones (excluding diaryl/α,β-unsaturated/α-hetero) is 1. The van der Waals surface area contributed by atoms with Crippen LogP contribution in [-0.4, -0.2) is 58.5 Å². The van der Waals surface area contributed by atoms with Gasteiger partial charge in [0.2, 0.25) is 0 Å². The summed E-state index contributed by atoms with van der Waals surface area (Å²) >= 11 is 0. The van der Waals surface area contributed by atoms with E-state index < -0.39 is 12.1 Å². The molecule has 3 aliphatic carbocycles. The summed E-state index contributed by atoms with van der Waals surface area (Å²) in [5, 5.41) is 31.5. The topological polar surface area (TPSA) is 138 Å². The first-order chi connectivity index (χ1) is 24.7. The first-order valence-corrected chi connectivity index (χ1v) is 17.9. The first kappa shape index (κ1) is 34.4. The minimum atomic E-state index is -0.630. The maximum Gasteiger partial charge on any atom is 0.302 e. The quantitative estimate of drug-likeness (QED) is 0.107. The Kier molecular flexibility index (Phi) is 9.91. The minimum absolute atomic E-state index is 0.00556. The van der Waals surface area contributed by atoms with Crippen LogP contribution < -0.4 is 9.47 Å². The van der Waals surface area contributed by atoms with E-state index in [4.69, 9.17) is 19.3 Å². The molecule has 1 fully saturated rings. The number of benzene rings is 3. The number of carbonyl (C=O) groups is 2. The van der Waals surface area contributed by atoms with E-state index in [1.807, 2.05) is 18.2 Å². The highest BCUT2D eigenvalue weighted by Crippen LogP contribution is 2.56. The summed E-state index contributed by atoms with van der Waals surface area (Å²) in [7, 11) is 1.54. The van der Waals surface area contributed by atoms with Crippen LogP contribution in [0.2, 0.25) is 0 Å². The molecule has 9 heteroatoms. The molecule has 7 rings (SSSR count). The zero-order chi connectivity index (χ0) is 35.6. The largest absolute Gasteiger partial charge is 0.504 e. The minimum Gasteiger partial charge on any atom is -0.504 e. The van der Waals surface area contributed by atoms with Crippen LogP contribution in [0.4, 0.5) is 0 Å². The number of H-pyrrole nitrogens is 1. The second-order valence-corrected chi connectivity index (χ2v) is 14.1. The molecule has 0 saturated heterocycles. The molecule has 9 nitrogen and oxygen atoms in total. The molecule has 5 atom stereocenters. The maximum atomic E-state index is 14.2. The van der Waals surface area contributed by atoms with Crippen LogP contribution in [0.1, 0.15) is 73.8 Å². The lowest BCUT2D eigenvalue weighted by atomic mass is 9.62. The van der Waals surface area contributed by atoms with Crippen LogP contribution in [0.25, 0.3) is 16.5 Å². The zero-order valence-electron chi connectivity index (χ0n) is 29.1. The summed E-state index contributed by atoms with van der Waals surface area (Å²) in [5.41, 5.74) is 7.02. The number of carbonyl (C=O) groups excluding carboxylic acids is 2. The number of aromatic nitrogens is 1. The molecule has 1 saturated carbocycles. The van der Waals surface area contributed by atoms with Crippen molar-refractivity contribution in [3.63, 3.8) is 0 Å². The van der Waals surface area contributed by atoms with Crippen molar-refractivity contribution in [2.24, 2.45) is 17.8 Å². The molecule has 266 valence electrons. The van der Waals surface area contributed by atoms with Gasteiger partial charge < -0.3 is 34.5 Å². The molecule has 0 amide bonds. The Morgan fingerprint density at radius 1 is 1.00 bits per heavy atom. The molecule has 1 aromatic heterocycles. The summed E-state index contributed by atoms with van der Waals surface area (Å²) in [4.78, 5) is 30.0. The molecule has 5 unspecified atom stereocenters. The van der Waals surface area contributed by atoms with Crippen molar-refractivity contribution in [3.8, 4) is 23.0 Å². The number of esters is 1. The number of aliphatic hydroxyl groups excluding tert-OH is 1. The third-order valence-corrected chi connectivity index (χ3v) is 10.9. The Hall–Kier alpha value is -5.02. The van der Waals surface area contributed by atoms with E-state index in [9.17, 15) is 19.8 Å². The van der Waals surface area contributed by atoms with Crippen molar-refractivity contribution in [2.75, 3.05) is 20.3 Å². The first-order valence-electron chi connectivity index (χ1n) is 17.9. The fraction of sp³-hybridized carbons (Fsp3) is 0.381. The Labute approximate surface area is 297 Å². The summed E-state index contributed by atoms with van der Waals surface area (Å²) in [5.74, 6) is 0.988. The summed E-state index contributed by atoms with van der Waals surface area (Å²) < 4.78 is 16.8. The SMILES string of the molecule is COc1cc2c(cc1O)C(c1cc3ccccc3[nH]1)=C1C=CC3CCC(C1C3)C2CC(=O)CC(CCc1ccc(O)c(OCCO)c1)OC(C)=O. The van der Waals surface area contributed by atoms with Gasteiger partial charge in [-0.05, 0) is 114 Å². The van der Waals surface area contributed by atoms with Crippen LogP contribution in [0.15, 0.2) is 78.4 Å². The highest BCUT2D eigenvalue weighted by atomic mass is 16.5. The maximum absolute atomic E-state index is 14.2. The third-order valence-electron chi connectivity index (χ3n) is 10.9. The van der Waals surface area contributed by atoms with Gasteiger partial charge in [-0.15, -0.1) is 0 Å². The van der Waals surface area contributed by atoms with E-state index in [-0.39, 0.29) is 66.8 Å². The van der Waals surface area contributed by atoms with Gasteiger partial charge in [0.25, 0.3) is 0 Å². The van der Waals surface area contributed by atoms with E-state index in [1.165, 1.54) is 18.6 Å². The number of aliphatic hydroxyl groups is 1. The van der Waals surface area contributed by atoms with Crippen LogP contribution >= 0.6 is 0 Å². The van der Waals surface area contributed by atoms with Gasteiger partial charge in [0.15, 0.2) is 23.0 Å². The monoisotopic (exact) mass is 691 g/mol. The number of fused-ring (bicyclic) bond motifs is 3. The predicted octanol–water partition coefficient (Wildman–Crippen LogP) is 7.37. The fourth-order valence-corrected chi connectivity index (χ4v) is 8.63. The summed E-state index contributed by atoms with van der Waals surface area (Å²) in [6.45, 7) is 1.23. The number of aromatic hydroxyl groups is 2. The van der Waals surface area contributed by atoms with Gasteiger partial charge in [-0.3, -0.25) is 9.59 Å². The fourth-order valence-electron chi connectivity index (χ4n) is 8.63. The lowest BCUT2D eigenvalue weighted by molar-refractivity contribution is -0.147. The number of nitrogens with one attached hydrogen (secondary N) is 1. The molecule has 1 heterocycles. The Balaban J connectivity index is 1.21. The molecule has 3 aromatic carbocycles. The van der Waals surface area contributed by atoms with Crippen LogP contribution in [0, 0.1) is 17.8 Å². The Morgan fingerprint density at radius 3 is 2.63 bits per heavy atom. The molecule has 0 aliphatic heterocycles. The molecule has 4 N–H and O–H groups in total. The van der Waals surface area contributed by atoms with Crippen LogP contribution in [0.3, 0.4) is 0 Å². The predicted molar refractivity (Wildman–Crippen MR) is 194 cm³/mol. The average Bonchev–Trinajstić information content (AvgIpc) is 3.50. The number of aromatic amines is 1. The molecule has 0 spiro atoms. The van der Waals surface area contributed by atoms with E-state index in [0.717, 1.165) is 58.1 Å². The van der Waals surface area contributed by atoms with E-state index in [0.29, 0.717) is 24.5 Å². The van der Waals surface area contributed by atoms with Crippen molar-refractivity contribution in [3.05, 3.63) is 101 Å². The van der Waals surface area contributed by atoms with Gasteiger partial charge in [-0.1, -0.05) is 36.4 Å². The highest BCUT2D eigenvalue weighted by molar-refractivity contribution is 5.93. The number of rotatable bonds is 13. The molecule has 0 radical (unpaired) electrons. The van der Waals surface area contributed by atoms with Gasteiger partial charge in [0.05, 0.1) is 13.7 Å². The standard InChI is InChI=1S/C42H45NO8/c1-24(45)51-29(11-7-26-10-14-38(47)41(18-26)50-16-15-44)20-28(46)21-33-30-12-8-25-9-13-31(32(30)17-25)42(35-22-39(48)40(49-2)23-34(33)35)37-19-27-5-3-4-6-36(27)43-37/h3-6,9-10,13-14,18-19,22-23,25,29-30,32-33,43-44,47-48H,7-8,11-12,15-17,20-21H2,1-2H3. The second kappa shape index (κ2) is 14.7. The summed E-state index contributed by atoms with van der Waals surface area (Å²) in [6, 6.07) is 19.1. The number of methoxy groups -OCH3 is 1. The van der Waals surface area contributed by atoms with Gasteiger partial charge in [-0.2, -0.15) is 0 Å². The number of hydrogen-bond acceptors (Lipinski definition) is 8. The number of ketones is 1. The van der Waals surface area contributed by atoms with Crippen molar-refractivity contribution in [2.45, 2.75) is 63.9 Å². The van der Waals surface area contributed by atoms with E-state index in [1.54, 1.807) is 25.3 Å². The molecular weight excluding hydrogens is 646 g/mol. The van der Waals surface area contributed by atoms with Gasteiger partial charge in [-0.25, -0.2) is 0 Å². The van der Waals surface area contributed by atoms with E-state index >= 15 is 0 Å². The number of aryl methyl sites for hydroxylation is 1. The number of phenols is 2. The number of hydrogen-bond donors (Lipinski definition) is 4. The number of para-hydroxylation sites is 1.